The number of ketones is 1. The van der Waals surface area contributed by atoms with Crippen molar-refractivity contribution in [3.05, 3.63) is 143 Å². The molecule has 13 heteroatoms. The number of aromatic nitrogens is 2. The molecule has 0 aliphatic carbocycles. The Morgan fingerprint density at radius 2 is 1.19 bits per heavy atom. The molecule has 0 saturated heterocycles. The van der Waals surface area contributed by atoms with E-state index in [2.05, 4.69) is 34.2 Å². The van der Waals surface area contributed by atoms with Gasteiger partial charge in [-0.2, -0.15) is 13.2 Å². The first-order chi connectivity index (χ1) is 22.5. The van der Waals surface area contributed by atoms with E-state index in [1.54, 1.807) is 12.4 Å². The molecule has 0 aliphatic heterocycles. The van der Waals surface area contributed by atoms with Gasteiger partial charge in [0.15, 0.2) is 5.56 Å². The molecule has 0 amide bonds. The maximum absolute atomic E-state index is 13.4. The van der Waals surface area contributed by atoms with Gasteiger partial charge in [-0.05, 0) is 72.8 Å². The van der Waals surface area contributed by atoms with Crippen LogP contribution in [0.2, 0.25) is 0 Å². The number of rotatable bonds is 4. The second kappa shape index (κ2) is 14.3. The first-order valence-electron chi connectivity index (χ1n) is 13.8. The molecule has 0 spiro atoms. The van der Waals surface area contributed by atoms with Crippen molar-refractivity contribution in [3.8, 4) is 5.75 Å². The predicted molar refractivity (Wildman–Crippen MR) is 166 cm³/mol. The molecule has 0 saturated carbocycles. The standard InChI is InChI=1S/C23H12F5NO4.C12H8N2.Eu/c24-12-1-5-14(6-2-12)29(15-7-3-13(25)4-8-15)16-9-10-17-18(11-16)33-22(32)19(20(17)30)21(31)23(26,27)28;1-3-9-5-6-10-4-2-8-14-12(10)11(9)13-7-1;/h1-11,30H;1-8H;. The molecule has 0 unspecified atom stereocenters. The molecule has 4 aromatic carbocycles. The molecule has 0 aliphatic rings. The van der Waals surface area contributed by atoms with Gasteiger partial charge in [-0.25, -0.2) is 13.6 Å². The van der Waals surface area contributed by atoms with Crippen LogP contribution < -0.4 is 10.5 Å². The number of carbonyl (C=O) groups excluding carboxylic acids is 1. The Kier molecular flexibility index (Phi) is 10.3. The smallest absolute Gasteiger partial charge is 0.455 e. The summed E-state index contributed by atoms with van der Waals surface area (Å²) < 4.78 is 70.2. The van der Waals surface area contributed by atoms with Gasteiger partial charge in [0.05, 0.1) is 16.4 Å². The zero-order chi connectivity index (χ0) is 33.3. The number of hydrogen-bond donors (Lipinski definition) is 1. The van der Waals surface area contributed by atoms with Crippen molar-refractivity contribution in [2.75, 3.05) is 4.90 Å². The van der Waals surface area contributed by atoms with Gasteiger partial charge in [-0.1, -0.05) is 24.3 Å². The SMILES string of the molecule is O=C(c1c(O)c2ccc(N(c3ccc(F)cc3)c3ccc(F)cc3)cc2oc1=O)C(F)(F)F.[Eu].c1cnc2c(c1)ccc1cccnc12. The Hall–Kier alpha value is -4.59. The number of nitrogens with zero attached hydrogens (tertiary/aromatic N) is 3. The number of Topliss-reactive ketones (excluding diaryl/α,β-unsaturated/α-hetero) is 1. The molecule has 241 valence electrons. The van der Waals surface area contributed by atoms with Gasteiger partial charge in [0.1, 0.15) is 23.0 Å². The Bertz CT molecular complexity index is 2230. The third kappa shape index (κ3) is 7.13. The average molecular weight is 794 g/mol. The number of aromatic hydroxyl groups is 1. The molecule has 0 atom stereocenters. The fraction of sp³-hybridized carbons (Fsp3) is 0.0286. The number of hydrogen-bond acceptors (Lipinski definition) is 7. The second-order valence-electron chi connectivity index (χ2n) is 10.1. The van der Waals surface area contributed by atoms with Crippen LogP contribution in [-0.2, 0) is 0 Å². The number of alkyl halides is 3. The Labute approximate surface area is 308 Å². The van der Waals surface area contributed by atoms with Crippen molar-refractivity contribution in [2.24, 2.45) is 0 Å². The van der Waals surface area contributed by atoms with Crippen LogP contribution in [0.4, 0.5) is 39.0 Å². The molecule has 0 fully saturated rings. The number of fused-ring (bicyclic) bond motifs is 4. The normalized spacial score (nSPS) is 11.1. The van der Waals surface area contributed by atoms with E-state index in [0.29, 0.717) is 11.4 Å². The number of halogens is 5. The summed E-state index contributed by atoms with van der Waals surface area (Å²) in [6.45, 7) is 0. The maximum atomic E-state index is 13.4. The molecule has 48 heavy (non-hydrogen) atoms. The Morgan fingerprint density at radius 3 is 1.67 bits per heavy atom. The van der Waals surface area contributed by atoms with Gasteiger partial charge < -0.3 is 14.4 Å². The minimum Gasteiger partial charge on any atom is -0.506 e. The summed E-state index contributed by atoms with van der Waals surface area (Å²) in [5.74, 6) is -4.70. The van der Waals surface area contributed by atoms with Crippen LogP contribution in [0, 0.1) is 61.0 Å². The predicted octanol–water partition coefficient (Wildman–Crippen LogP) is 8.77. The van der Waals surface area contributed by atoms with E-state index in [1.165, 1.54) is 65.6 Å². The molecule has 7 nitrogen and oxygen atoms in total. The van der Waals surface area contributed by atoms with Gasteiger partial charge in [-0.15, -0.1) is 0 Å². The molecule has 7 aromatic rings. The molecule has 7 rings (SSSR count). The van der Waals surface area contributed by atoms with Gasteiger partial charge in [0, 0.05) is 95.7 Å². The Balaban J connectivity index is 0.000000249. The molecule has 0 bridgehead atoms. The summed E-state index contributed by atoms with van der Waals surface area (Å²) in [6.07, 6.45) is -1.78. The van der Waals surface area contributed by atoms with Crippen LogP contribution >= 0.6 is 0 Å². The molecule has 3 aromatic heterocycles. The fourth-order valence-electron chi connectivity index (χ4n) is 4.96. The fourth-order valence-corrected chi connectivity index (χ4v) is 4.96. The monoisotopic (exact) mass is 794 g/mol. The largest absolute Gasteiger partial charge is 0.506 e. The van der Waals surface area contributed by atoms with Crippen LogP contribution in [-0.4, -0.2) is 27.0 Å². The van der Waals surface area contributed by atoms with E-state index in [1.807, 2.05) is 12.1 Å². The molecule has 1 N–H and O–H groups in total. The third-order valence-corrected chi connectivity index (χ3v) is 7.12. The molecule has 1 radical (unpaired) electrons. The number of anilines is 3. The molecular weight excluding hydrogens is 773 g/mol. The van der Waals surface area contributed by atoms with Crippen molar-refractivity contribution in [1.82, 2.24) is 9.97 Å². The number of benzene rings is 4. The summed E-state index contributed by atoms with van der Waals surface area (Å²) in [5, 5.41) is 12.2. The average Bonchev–Trinajstić information content (AvgIpc) is 3.06. The quantitative estimate of drug-likeness (QED) is 0.0824. The molecular formula is C35H20EuF5N3O4. The van der Waals surface area contributed by atoms with E-state index in [-0.39, 0.29) is 66.0 Å². The molecule has 3 heterocycles. The van der Waals surface area contributed by atoms with Crippen molar-refractivity contribution < 1.29 is 85.6 Å². The van der Waals surface area contributed by atoms with E-state index < -0.39 is 40.5 Å². The van der Waals surface area contributed by atoms with Crippen molar-refractivity contribution >= 4 is 55.6 Å². The zero-order valence-corrected chi connectivity index (χ0v) is 26.7. The van der Waals surface area contributed by atoms with Crippen molar-refractivity contribution in [2.45, 2.75) is 6.18 Å². The number of pyridine rings is 2. The van der Waals surface area contributed by atoms with E-state index in [0.717, 1.165) is 27.9 Å². The van der Waals surface area contributed by atoms with Gasteiger partial charge in [0.25, 0.3) is 5.78 Å². The van der Waals surface area contributed by atoms with Crippen LogP contribution in [0.3, 0.4) is 0 Å². The second-order valence-corrected chi connectivity index (χ2v) is 10.1. The van der Waals surface area contributed by atoms with Gasteiger partial charge in [-0.3, -0.25) is 14.8 Å². The minimum absolute atomic E-state index is 0. The minimum atomic E-state index is -5.39. The van der Waals surface area contributed by atoms with Gasteiger partial charge >= 0.3 is 11.8 Å². The van der Waals surface area contributed by atoms with E-state index in [9.17, 15) is 36.6 Å². The first kappa shape index (κ1) is 34.7. The number of carbonyl (C=O) groups is 1. The van der Waals surface area contributed by atoms with E-state index >= 15 is 0 Å². The van der Waals surface area contributed by atoms with Crippen LogP contribution in [0.15, 0.2) is 125 Å². The summed E-state index contributed by atoms with van der Waals surface area (Å²) in [7, 11) is 0. The summed E-state index contributed by atoms with van der Waals surface area (Å²) in [6, 6.07) is 26.4. The summed E-state index contributed by atoms with van der Waals surface area (Å²) >= 11 is 0. The van der Waals surface area contributed by atoms with Crippen molar-refractivity contribution in [3.63, 3.8) is 0 Å². The van der Waals surface area contributed by atoms with Gasteiger partial charge in [0.2, 0.25) is 0 Å². The summed E-state index contributed by atoms with van der Waals surface area (Å²) in [5.41, 5.74) is -0.376. The zero-order valence-electron chi connectivity index (χ0n) is 24.3. The first-order valence-corrected chi connectivity index (χ1v) is 13.8. The van der Waals surface area contributed by atoms with E-state index in [4.69, 9.17) is 4.42 Å². The third-order valence-electron chi connectivity index (χ3n) is 7.12. The van der Waals surface area contributed by atoms with Crippen LogP contribution in [0.5, 0.6) is 5.75 Å². The van der Waals surface area contributed by atoms with Crippen molar-refractivity contribution in [1.29, 1.82) is 0 Å². The topological polar surface area (TPSA) is 96.5 Å². The van der Waals surface area contributed by atoms with Crippen LogP contribution in [0.25, 0.3) is 32.8 Å². The Morgan fingerprint density at radius 1 is 0.708 bits per heavy atom. The maximum Gasteiger partial charge on any atom is 0.455 e. The summed E-state index contributed by atoms with van der Waals surface area (Å²) in [4.78, 5) is 33.9. The van der Waals surface area contributed by atoms with Crippen LogP contribution in [0.1, 0.15) is 10.4 Å².